The van der Waals surface area contributed by atoms with E-state index >= 15 is 0 Å². The Bertz CT molecular complexity index is 727. The van der Waals surface area contributed by atoms with Crippen LogP contribution in [0, 0.1) is 19.8 Å². The number of esters is 1. The molecule has 0 aromatic carbocycles. The molecule has 0 unspecified atom stereocenters. The molecule has 1 saturated heterocycles. The van der Waals surface area contributed by atoms with Crippen molar-refractivity contribution in [1.29, 1.82) is 0 Å². The number of ether oxygens (including phenoxy) is 1. The molecule has 0 amide bonds. The van der Waals surface area contributed by atoms with Crippen LogP contribution in [0.1, 0.15) is 31.2 Å². The number of carbonyl (C=O) groups is 1. The minimum atomic E-state index is -3.53. The molecule has 0 bridgehead atoms. The number of nitrogens with zero attached hydrogens (tertiary/aromatic N) is 4. The molecule has 0 spiro atoms. The first-order valence-electron chi connectivity index (χ1n) is 8.54. The lowest BCUT2D eigenvalue weighted by atomic mass is 9.99. The zero-order valence-corrected chi connectivity index (χ0v) is 16.5. The van der Waals surface area contributed by atoms with Gasteiger partial charge in [0.05, 0.1) is 30.6 Å². The maximum Gasteiger partial charge on any atom is 0.310 e. The number of piperidine rings is 1. The average Bonchev–Trinajstić information content (AvgIpc) is 2.82. The highest BCUT2D eigenvalue weighted by Gasteiger charge is 2.30. The van der Waals surface area contributed by atoms with Gasteiger partial charge in [-0.05, 0) is 40.2 Å². The van der Waals surface area contributed by atoms with Crippen LogP contribution in [-0.4, -0.2) is 67.2 Å². The first kappa shape index (κ1) is 19.9. The summed E-state index contributed by atoms with van der Waals surface area (Å²) in [7, 11) is -0.504. The summed E-state index contributed by atoms with van der Waals surface area (Å²) >= 11 is 0. The van der Waals surface area contributed by atoms with Crippen molar-refractivity contribution in [3.8, 4) is 0 Å². The number of aryl methyl sites for hydroxylation is 1. The van der Waals surface area contributed by atoms with E-state index in [-0.39, 0.29) is 16.8 Å². The van der Waals surface area contributed by atoms with Crippen molar-refractivity contribution < 1.29 is 17.9 Å². The highest BCUT2D eigenvalue weighted by atomic mass is 32.2. The molecule has 2 heterocycles. The summed E-state index contributed by atoms with van der Waals surface area (Å²) < 4.78 is 33.0. The van der Waals surface area contributed by atoms with Gasteiger partial charge in [-0.15, -0.1) is 0 Å². The van der Waals surface area contributed by atoms with E-state index in [0.717, 1.165) is 19.4 Å². The number of aromatic nitrogens is 2. The molecule has 2 rings (SSSR count). The number of rotatable bonds is 6. The van der Waals surface area contributed by atoms with Crippen molar-refractivity contribution in [3.05, 3.63) is 11.4 Å². The van der Waals surface area contributed by atoms with Gasteiger partial charge >= 0.3 is 5.97 Å². The summed E-state index contributed by atoms with van der Waals surface area (Å²) in [6, 6.07) is 0. The summed E-state index contributed by atoms with van der Waals surface area (Å²) in [5.74, 6) is -0.285. The maximum atomic E-state index is 12.5. The largest absolute Gasteiger partial charge is 0.466 e. The number of carbonyl (C=O) groups excluding carboxylic acids is 1. The molecule has 1 aliphatic rings. The van der Waals surface area contributed by atoms with Crippen LogP contribution in [0.15, 0.2) is 4.90 Å². The van der Waals surface area contributed by atoms with Gasteiger partial charge in [0.2, 0.25) is 10.0 Å². The van der Waals surface area contributed by atoms with Crippen molar-refractivity contribution in [2.75, 3.05) is 33.8 Å². The van der Waals surface area contributed by atoms with Crippen LogP contribution in [0.3, 0.4) is 0 Å². The first-order chi connectivity index (χ1) is 11.7. The van der Waals surface area contributed by atoms with Gasteiger partial charge in [0.25, 0.3) is 0 Å². The minimum Gasteiger partial charge on any atom is -0.466 e. The smallest absolute Gasteiger partial charge is 0.310 e. The summed E-state index contributed by atoms with van der Waals surface area (Å²) in [6.45, 7) is 7.59. The second-order valence-corrected chi connectivity index (χ2v) is 8.69. The third kappa shape index (κ3) is 4.21. The van der Waals surface area contributed by atoms with Gasteiger partial charge in [0.1, 0.15) is 4.90 Å². The lowest BCUT2D eigenvalue weighted by Gasteiger charge is -2.31. The van der Waals surface area contributed by atoms with E-state index < -0.39 is 10.0 Å². The molecule has 1 atom stereocenters. The second-order valence-electron chi connectivity index (χ2n) is 6.60. The first-order valence-corrected chi connectivity index (χ1v) is 9.98. The highest BCUT2D eigenvalue weighted by molar-refractivity contribution is 7.89. The topological polar surface area (TPSA) is 84.7 Å². The Hall–Kier alpha value is -1.45. The zero-order chi connectivity index (χ0) is 18.8. The summed E-state index contributed by atoms with van der Waals surface area (Å²) in [6.07, 6.45) is 1.73. The fourth-order valence-corrected chi connectivity index (χ4v) is 4.46. The molecule has 1 aromatic heterocycles. The van der Waals surface area contributed by atoms with Gasteiger partial charge in [-0.25, -0.2) is 12.7 Å². The van der Waals surface area contributed by atoms with Crippen LogP contribution < -0.4 is 0 Å². The standard InChI is InChI=1S/C16H28N4O4S/c1-6-24-16(21)14-8-7-9-19(10-14)11-20-13(3)15(12(2)17-20)25(22,23)18(4)5/h14H,6-11H2,1-5H3/t14-/m1/s1. The van der Waals surface area contributed by atoms with E-state index in [4.69, 9.17) is 4.74 Å². The monoisotopic (exact) mass is 372 g/mol. The van der Waals surface area contributed by atoms with Crippen molar-refractivity contribution in [3.63, 3.8) is 0 Å². The molecule has 142 valence electrons. The van der Waals surface area contributed by atoms with Crippen LogP contribution in [0.4, 0.5) is 0 Å². The fourth-order valence-electron chi connectivity index (χ4n) is 3.20. The Labute approximate surface area is 149 Å². The molecule has 0 aliphatic carbocycles. The molecular weight excluding hydrogens is 344 g/mol. The fraction of sp³-hybridized carbons (Fsp3) is 0.750. The quantitative estimate of drug-likeness (QED) is 0.692. The van der Waals surface area contributed by atoms with Gasteiger partial charge in [-0.3, -0.25) is 14.4 Å². The average molecular weight is 372 g/mol. The SMILES string of the molecule is CCOC(=O)[C@@H]1CCCN(Cn2nc(C)c(S(=O)(=O)N(C)C)c2C)C1. The predicted octanol–water partition coefficient (Wildman–Crippen LogP) is 0.983. The van der Waals surface area contributed by atoms with E-state index in [1.807, 2.05) is 0 Å². The Kier molecular flexibility index (Phi) is 6.23. The van der Waals surface area contributed by atoms with Crippen LogP contribution >= 0.6 is 0 Å². The Morgan fingerprint density at radius 1 is 1.36 bits per heavy atom. The molecule has 0 radical (unpaired) electrons. The van der Waals surface area contributed by atoms with Gasteiger partial charge in [-0.2, -0.15) is 5.10 Å². The molecule has 0 N–H and O–H groups in total. The van der Waals surface area contributed by atoms with Gasteiger partial charge in [0, 0.05) is 20.6 Å². The highest BCUT2D eigenvalue weighted by Crippen LogP contribution is 2.24. The lowest BCUT2D eigenvalue weighted by Crippen LogP contribution is -2.40. The van der Waals surface area contributed by atoms with Crippen LogP contribution in [-0.2, 0) is 26.2 Å². The van der Waals surface area contributed by atoms with E-state index in [9.17, 15) is 13.2 Å². The van der Waals surface area contributed by atoms with E-state index in [2.05, 4.69) is 10.00 Å². The number of hydrogen-bond acceptors (Lipinski definition) is 6. The molecule has 25 heavy (non-hydrogen) atoms. The third-order valence-corrected chi connectivity index (χ3v) is 6.58. The molecule has 1 aliphatic heterocycles. The summed E-state index contributed by atoms with van der Waals surface area (Å²) in [4.78, 5) is 14.4. The molecule has 1 fully saturated rings. The van der Waals surface area contributed by atoms with Crippen molar-refractivity contribution in [2.45, 2.75) is 45.2 Å². The summed E-state index contributed by atoms with van der Waals surface area (Å²) in [5.41, 5.74) is 1.11. The molecule has 1 aromatic rings. The zero-order valence-electron chi connectivity index (χ0n) is 15.7. The van der Waals surface area contributed by atoms with E-state index in [1.165, 1.54) is 18.4 Å². The van der Waals surface area contributed by atoms with Crippen LogP contribution in [0.2, 0.25) is 0 Å². The number of hydrogen-bond donors (Lipinski definition) is 0. The van der Waals surface area contributed by atoms with Gasteiger partial charge in [-0.1, -0.05) is 0 Å². The molecule has 8 nitrogen and oxygen atoms in total. The predicted molar refractivity (Wildman–Crippen MR) is 93.5 cm³/mol. The summed E-state index contributed by atoms with van der Waals surface area (Å²) in [5, 5.41) is 4.41. The number of sulfonamides is 1. The Balaban J connectivity index is 2.17. The van der Waals surface area contributed by atoms with Crippen molar-refractivity contribution >= 4 is 16.0 Å². The molecule has 9 heteroatoms. The minimum absolute atomic E-state index is 0.129. The maximum absolute atomic E-state index is 12.5. The van der Waals surface area contributed by atoms with Crippen LogP contribution in [0.25, 0.3) is 0 Å². The Morgan fingerprint density at radius 2 is 2.04 bits per heavy atom. The molecule has 0 saturated carbocycles. The molecular formula is C16H28N4O4S. The van der Waals surface area contributed by atoms with E-state index in [1.54, 1.807) is 25.5 Å². The van der Waals surface area contributed by atoms with Crippen LogP contribution in [0.5, 0.6) is 0 Å². The normalized spacial score (nSPS) is 19.4. The lowest BCUT2D eigenvalue weighted by molar-refractivity contribution is -0.150. The number of likely N-dealkylation sites (tertiary alicyclic amines) is 1. The Morgan fingerprint density at radius 3 is 2.64 bits per heavy atom. The van der Waals surface area contributed by atoms with Gasteiger partial charge in [0.15, 0.2) is 0 Å². The second kappa shape index (κ2) is 7.84. The van der Waals surface area contributed by atoms with E-state index in [0.29, 0.717) is 31.2 Å². The third-order valence-electron chi connectivity index (χ3n) is 4.51. The van der Waals surface area contributed by atoms with Crippen molar-refractivity contribution in [2.24, 2.45) is 5.92 Å². The van der Waals surface area contributed by atoms with Crippen molar-refractivity contribution in [1.82, 2.24) is 19.0 Å². The van der Waals surface area contributed by atoms with Gasteiger partial charge < -0.3 is 4.74 Å².